The second-order valence-corrected chi connectivity index (χ2v) is 2.79. The van der Waals surface area contributed by atoms with Gasteiger partial charge in [-0.15, -0.1) is 0 Å². The Morgan fingerprint density at radius 3 is 2.67 bits per heavy atom. The predicted molar refractivity (Wildman–Crippen MR) is 49.8 cm³/mol. The molecular weight excluding hydrogens is 204 g/mol. The van der Waals surface area contributed by atoms with Crippen molar-refractivity contribution in [2.24, 2.45) is 0 Å². The highest BCUT2D eigenvalue weighted by Gasteiger charge is 2.25. The molecule has 0 aliphatic rings. The molecule has 0 aromatic carbocycles. The van der Waals surface area contributed by atoms with Gasteiger partial charge in [-0.3, -0.25) is 14.9 Å². The van der Waals surface area contributed by atoms with Crippen LogP contribution in [0.1, 0.15) is 16.1 Å². The number of carbonyl (C=O) groups is 1. The number of ether oxygens (including phenoxy) is 1. The highest BCUT2D eigenvalue weighted by Crippen LogP contribution is 2.14. The van der Waals surface area contributed by atoms with Gasteiger partial charge in [-0.2, -0.15) is 0 Å². The minimum absolute atomic E-state index is 0.344. The van der Waals surface area contributed by atoms with Crippen LogP contribution in [0.3, 0.4) is 0 Å². The van der Waals surface area contributed by atoms with Crippen LogP contribution < -0.4 is 5.56 Å². The van der Waals surface area contributed by atoms with E-state index < -0.39 is 22.1 Å². The first-order valence-corrected chi connectivity index (χ1v) is 3.94. The van der Waals surface area contributed by atoms with Crippen molar-refractivity contribution in [2.45, 2.75) is 6.92 Å². The van der Waals surface area contributed by atoms with E-state index in [0.717, 1.165) is 7.11 Å². The number of esters is 1. The van der Waals surface area contributed by atoms with E-state index >= 15 is 0 Å². The summed E-state index contributed by atoms with van der Waals surface area (Å²) in [5.41, 5.74) is -1.71. The van der Waals surface area contributed by atoms with Crippen molar-refractivity contribution in [3.8, 4) is 0 Å². The molecule has 7 nitrogen and oxygen atoms in total. The number of aryl methyl sites for hydroxylation is 1. The zero-order valence-electron chi connectivity index (χ0n) is 8.07. The molecular formula is C8H8N2O5. The minimum Gasteiger partial charge on any atom is -0.465 e. The zero-order valence-corrected chi connectivity index (χ0v) is 8.07. The molecule has 1 aromatic rings. The smallest absolute Gasteiger partial charge is 0.348 e. The fourth-order valence-corrected chi connectivity index (χ4v) is 1.13. The molecule has 0 atom stereocenters. The molecule has 1 rings (SSSR count). The van der Waals surface area contributed by atoms with Gasteiger partial charge in [-0.25, -0.2) is 4.79 Å². The summed E-state index contributed by atoms with van der Waals surface area (Å²) >= 11 is 0. The normalized spacial score (nSPS) is 9.73. The molecule has 0 unspecified atom stereocenters. The van der Waals surface area contributed by atoms with Gasteiger partial charge in [-0.1, -0.05) is 0 Å². The second kappa shape index (κ2) is 3.91. The molecule has 0 aliphatic carbocycles. The Balaban J connectivity index is 3.54. The molecule has 1 N–H and O–H groups in total. The summed E-state index contributed by atoms with van der Waals surface area (Å²) in [5.74, 6) is -0.907. The third-order valence-corrected chi connectivity index (χ3v) is 1.73. The van der Waals surface area contributed by atoms with E-state index in [1.807, 2.05) is 0 Å². The van der Waals surface area contributed by atoms with Crippen LogP contribution >= 0.6 is 0 Å². The molecule has 0 aliphatic heterocycles. The highest BCUT2D eigenvalue weighted by atomic mass is 16.6. The number of rotatable bonds is 2. The first-order valence-electron chi connectivity index (χ1n) is 3.94. The molecule has 0 spiro atoms. The van der Waals surface area contributed by atoms with Gasteiger partial charge in [0.1, 0.15) is 5.56 Å². The van der Waals surface area contributed by atoms with Crippen molar-refractivity contribution in [2.75, 3.05) is 7.11 Å². The number of nitrogens with zero attached hydrogens (tertiary/aromatic N) is 1. The van der Waals surface area contributed by atoms with Crippen molar-refractivity contribution in [1.82, 2.24) is 4.98 Å². The Hall–Kier alpha value is -2.18. The number of aromatic amines is 1. The number of pyridine rings is 1. The SMILES string of the molecule is COC(=O)c1cc(C)[nH]c(=O)c1[N+](=O)[O-]. The molecule has 0 saturated heterocycles. The Morgan fingerprint density at radius 1 is 1.60 bits per heavy atom. The van der Waals surface area contributed by atoms with Crippen LogP contribution in [0.25, 0.3) is 0 Å². The van der Waals surface area contributed by atoms with Crippen molar-refractivity contribution < 1.29 is 14.5 Å². The lowest BCUT2D eigenvalue weighted by Gasteiger charge is -2.01. The fourth-order valence-electron chi connectivity index (χ4n) is 1.13. The summed E-state index contributed by atoms with van der Waals surface area (Å²) in [6.45, 7) is 1.51. The van der Waals surface area contributed by atoms with Crippen LogP contribution in [0.15, 0.2) is 10.9 Å². The summed E-state index contributed by atoms with van der Waals surface area (Å²) in [5, 5.41) is 10.6. The van der Waals surface area contributed by atoms with E-state index in [4.69, 9.17) is 0 Å². The van der Waals surface area contributed by atoms with Crippen LogP contribution in [0.5, 0.6) is 0 Å². The number of carbonyl (C=O) groups excluding carboxylic acids is 1. The van der Waals surface area contributed by atoms with E-state index in [2.05, 4.69) is 9.72 Å². The Kier molecular flexibility index (Phi) is 2.84. The lowest BCUT2D eigenvalue weighted by Crippen LogP contribution is -2.18. The first kappa shape index (κ1) is 10.9. The monoisotopic (exact) mass is 212 g/mol. The topological polar surface area (TPSA) is 102 Å². The number of H-pyrrole nitrogens is 1. The summed E-state index contributed by atoms with van der Waals surface area (Å²) in [7, 11) is 1.09. The third-order valence-electron chi connectivity index (χ3n) is 1.73. The Morgan fingerprint density at radius 2 is 2.20 bits per heavy atom. The first-order chi connectivity index (χ1) is 6.97. The van der Waals surface area contributed by atoms with E-state index in [-0.39, 0.29) is 5.56 Å². The molecule has 7 heteroatoms. The average Bonchev–Trinajstić information content (AvgIpc) is 2.14. The van der Waals surface area contributed by atoms with Crippen molar-refractivity contribution in [3.05, 3.63) is 37.8 Å². The maximum absolute atomic E-state index is 11.2. The largest absolute Gasteiger partial charge is 0.465 e. The molecule has 0 radical (unpaired) electrons. The molecule has 0 saturated carbocycles. The predicted octanol–water partition coefficient (Wildman–Crippen LogP) is 0.378. The quantitative estimate of drug-likeness (QED) is 0.433. The summed E-state index contributed by atoms with van der Waals surface area (Å²) in [6, 6.07) is 1.20. The number of nitro groups is 1. The van der Waals surface area contributed by atoms with Crippen LogP contribution in [0, 0.1) is 17.0 Å². The standard InChI is InChI=1S/C8H8N2O5/c1-4-3-5(8(12)15-2)6(10(13)14)7(11)9-4/h3H,1-2H3,(H,9,11). The molecule has 0 fully saturated rings. The van der Waals surface area contributed by atoms with E-state index in [1.54, 1.807) is 0 Å². The minimum atomic E-state index is -0.916. The lowest BCUT2D eigenvalue weighted by molar-refractivity contribution is -0.386. The second-order valence-electron chi connectivity index (χ2n) is 2.79. The number of hydrogen-bond acceptors (Lipinski definition) is 5. The Labute approximate surface area is 83.8 Å². The molecule has 0 amide bonds. The maximum Gasteiger partial charge on any atom is 0.348 e. The van der Waals surface area contributed by atoms with Gasteiger partial charge in [0.05, 0.1) is 12.0 Å². The Bertz CT molecular complexity index is 476. The van der Waals surface area contributed by atoms with Gasteiger partial charge in [-0.05, 0) is 13.0 Å². The van der Waals surface area contributed by atoms with Gasteiger partial charge in [0.25, 0.3) is 0 Å². The van der Waals surface area contributed by atoms with Crippen LogP contribution in [0.2, 0.25) is 0 Å². The van der Waals surface area contributed by atoms with Crippen molar-refractivity contribution in [3.63, 3.8) is 0 Å². The third kappa shape index (κ3) is 2.01. The zero-order chi connectivity index (χ0) is 11.6. The number of aromatic nitrogens is 1. The number of nitrogens with one attached hydrogen (secondary N) is 1. The van der Waals surface area contributed by atoms with Crippen LogP contribution in [-0.4, -0.2) is 23.0 Å². The van der Waals surface area contributed by atoms with E-state index in [1.165, 1.54) is 13.0 Å². The van der Waals surface area contributed by atoms with Crippen LogP contribution in [0.4, 0.5) is 5.69 Å². The molecule has 15 heavy (non-hydrogen) atoms. The molecule has 0 bridgehead atoms. The highest BCUT2D eigenvalue weighted by molar-refractivity contribution is 5.93. The summed E-state index contributed by atoms with van der Waals surface area (Å²) in [6.07, 6.45) is 0. The molecule has 1 heterocycles. The van der Waals surface area contributed by atoms with Gasteiger partial charge in [0.15, 0.2) is 0 Å². The van der Waals surface area contributed by atoms with Gasteiger partial charge in [0, 0.05) is 5.69 Å². The van der Waals surface area contributed by atoms with E-state index in [0.29, 0.717) is 5.69 Å². The van der Waals surface area contributed by atoms with Gasteiger partial charge >= 0.3 is 17.2 Å². The average molecular weight is 212 g/mol. The number of hydrogen-bond donors (Lipinski definition) is 1. The van der Waals surface area contributed by atoms with Crippen LogP contribution in [-0.2, 0) is 4.74 Å². The number of methoxy groups -OCH3 is 1. The molecule has 80 valence electrons. The summed E-state index contributed by atoms with van der Waals surface area (Å²) in [4.78, 5) is 34.3. The summed E-state index contributed by atoms with van der Waals surface area (Å²) < 4.78 is 4.34. The van der Waals surface area contributed by atoms with Gasteiger partial charge < -0.3 is 9.72 Å². The lowest BCUT2D eigenvalue weighted by atomic mass is 10.2. The molecule has 1 aromatic heterocycles. The fraction of sp³-hybridized carbons (Fsp3) is 0.250. The van der Waals surface area contributed by atoms with E-state index in [9.17, 15) is 19.7 Å². The van der Waals surface area contributed by atoms with Crippen molar-refractivity contribution >= 4 is 11.7 Å². The maximum atomic E-state index is 11.2. The van der Waals surface area contributed by atoms with Crippen molar-refractivity contribution in [1.29, 1.82) is 0 Å². The van der Waals surface area contributed by atoms with Gasteiger partial charge in [0.2, 0.25) is 0 Å².